The van der Waals surface area contributed by atoms with Crippen molar-refractivity contribution in [3.63, 3.8) is 0 Å². The Morgan fingerprint density at radius 1 is 0.451 bits per heavy atom. The Morgan fingerprint density at radius 3 is 1.49 bits per heavy atom. The highest BCUT2D eigenvalue weighted by atomic mass is 16.8. The van der Waals surface area contributed by atoms with Gasteiger partial charge in [0, 0.05) is 13.5 Å². The van der Waals surface area contributed by atoms with Crippen LogP contribution in [0.4, 0.5) is 0 Å². The largest absolute Gasteiger partial charge is 0.481 e. The van der Waals surface area contributed by atoms with Gasteiger partial charge in [-0.25, -0.2) is 0 Å². The first-order valence-corrected chi connectivity index (χ1v) is 25.4. The maximum absolute atomic E-state index is 12.0. The fourth-order valence-electron chi connectivity index (χ4n) is 9.79. The Bertz CT molecular complexity index is 1540. The Balaban J connectivity index is 1.28. The molecule has 0 aliphatic carbocycles. The molecular weight excluding hydrogens is 948 g/mol. The molecule has 0 bridgehead atoms. The van der Waals surface area contributed by atoms with Crippen molar-refractivity contribution in [2.24, 2.45) is 0 Å². The van der Waals surface area contributed by atoms with Crippen LogP contribution in [0.5, 0.6) is 0 Å². The normalized spacial score (nSPS) is 44.9. The fraction of sp³-hybridized carbons (Fsp3) is 0.979. The molecule has 5 aliphatic heterocycles. The van der Waals surface area contributed by atoms with Gasteiger partial charge in [0.25, 0.3) is 0 Å². The molecule has 5 fully saturated rings. The number of carboxylic acids is 1. The zero-order valence-electron chi connectivity index (χ0n) is 41.7. The second kappa shape index (κ2) is 28.6. The smallest absolute Gasteiger partial charge is 0.303 e. The standard InChI is InChI=1S/C47H84O24/c1-7-8-14-17-25(18-15-12-10-9-11-13-16-19-27(49)50)66-47-42(32(55)29(52)22(3)63-47)71-44-36(59)34(57)38(23(4)64-44)68-45-37(60)40(70-46-41(61-6)33(56)30(53)26(20-48)67-46)39(24(5)65-45)69-43-35(58)31(54)28(51)21(2)62-43/h21-26,28-48,51-60H,7-20H2,1-6H3,(H,49,50)/t21-,22-,23-,24+,25-,26+,28-,29-,30+,31+,32-,33-,34+,35+,36+,37+,38-,39+,40-,41+,42+,43-,44+,45+,46+,47+/m1/s1. The summed E-state index contributed by atoms with van der Waals surface area (Å²) in [5, 5.41) is 129. The molecule has 71 heavy (non-hydrogen) atoms. The minimum atomic E-state index is -1.90. The fourth-order valence-corrected chi connectivity index (χ4v) is 9.79. The molecule has 416 valence electrons. The molecular formula is C47H84O24. The van der Waals surface area contributed by atoms with Gasteiger partial charge in [-0.05, 0) is 47.0 Å². The summed E-state index contributed by atoms with van der Waals surface area (Å²) in [5.41, 5.74) is 0. The third-order valence-electron chi connectivity index (χ3n) is 14.3. The number of carboxylic acid groups (broad SMARTS) is 1. The summed E-state index contributed by atoms with van der Waals surface area (Å²) < 4.78 is 66.1. The third kappa shape index (κ3) is 15.6. The van der Waals surface area contributed by atoms with Gasteiger partial charge in [-0.2, -0.15) is 0 Å². The number of hydrogen-bond acceptors (Lipinski definition) is 23. The van der Waals surface area contributed by atoms with Gasteiger partial charge in [-0.3, -0.25) is 4.79 Å². The van der Waals surface area contributed by atoms with Crippen LogP contribution in [0.2, 0.25) is 0 Å². The van der Waals surface area contributed by atoms with Gasteiger partial charge in [0.1, 0.15) is 97.7 Å². The van der Waals surface area contributed by atoms with E-state index in [1.807, 2.05) is 0 Å². The summed E-state index contributed by atoms with van der Waals surface area (Å²) >= 11 is 0. The molecule has 0 saturated carbocycles. The second-order valence-corrected chi connectivity index (χ2v) is 19.7. The van der Waals surface area contributed by atoms with Gasteiger partial charge >= 0.3 is 5.97 Å². The third-order valence-corrected chi connectivity index (χ3v) is 14.3. The molecule has 0 spiro atoms. The lowest BCUT2D eigenvalue weighted by Crippen LogP contribution is -2.67. The molecule has 0 aromatic rings. The Kier molecular flexibility index (Phi) is 24.4. The molecule has 5 aliphatic rings. The van der Waals surface area contributed by atoms with Crippen LogP contribution in [0.15, 0.2) is 0 Å². The number of unbranched alkanes of at least 4 members (excludes halogenated alkanes) is 8. The maximum atomic E-state index is 12.0. The Hall–Kier alpha value is -1.41. The molecule has 5 rings (SSSR count). The number of carbonyl (C=O) groups is 1. The van der Waals surface area contributed by atoms with Crippen molar-refractivity contribution in [1.82, 2.24) is 0 Å². The van der Waals surface area contributed by atoms with Crippen LogP contribution in [-0.2, 0) is 56.9 Å². The van der Waals surface area contributed by atoms with E-state index in [-0.39, 0.29) is 12.5 Å². The van der Waals surface area contributed by atoms with E-state index in [2.05, 4.69) is 6.92 Å². The van der Waals surface area contributed by atoms with E-state index in [4.69, 9.17) is 57.2 Å². The molecule has 12 N–H and O–H groups in total. The van der Waals surface area contributed by atoms with E-state index < -0.39 is 166 Å². The minimum Gasteiger partial charge on any atom is -0.481 e. The van der Waals surface area contributed by atoms with E-state index in [1.165, 1.54) is 27.9 Å². The number of hydrogen-bond donors (Lipinski definition) is 12. The predicted molar refractivity (Wildman–Crippen MR) is 242 cm³/mol. The second-order valence-electron chi connectivity index (χ2n) is 19.7. The first-order valence-electron chi connectivity index (χ1n) is 25.4. The summed E-state index contributed by atoms with van der Waals surface area (Å²) in [6.45, 7) is 7.31. The molecule has 0 unspecified atom stereocenters. The number of methoxy groups -OCH3 is 1. The van der Waals surface area contributed by atoms with Crippen LogP contribution in [0.25, 0.3) is 0 Å². The quantitative estimate of drug-likeness (QED) is 0.0435. The van der Waals surface area contributed by atoms with Crippen molar-refractivity contribution in [3.05, 3.63) is 0 Å². The Morgan fingerprint density at radius 2 is 0.901 bits per heavy atom. The number of aliphatic hydroxyl groups excluding tert-OH is 11. The van der Waals surface area contributed by atoms with Crippen molar-refractivity contribution < 1.29 is 118 Å². The van der Waals surface area contributed by atoms with Crippen LogP contribution in [-0.4, -0.2) is 241 Å². The summed E-state index contributed by atoms with van der Waals surface area (Å²) in [7, 11) is 1.20. The van der Waals surface area contributed by atoms with Crippen molar-refractivity contribution in [1.29, 1.82) is 0 Å². The molecule has 24 heteroatoms. The zero-order valence-corrected chi connectivity index (χ0v) is 41.7. The minimum absolute atomic E-state index is 0.168. The summed E-state index contributed by atoms with van der Waals surface area (Å²) in [6.07, 6.45) is -27.2. The highest BCUT2D eigenvalue weighted by Gasteiger charge is 2.56. The lowest BCUT2D eigenvalue weighted by molar-refractivity contribution is -0.400. The maximum Gasteiger partial charge on any atom is 0.303 e. The van der Waals surface area contributed by atoms with E-state index in [9.17, 15) is 61.0 Å². The van der Waals surface area contributed by atoms with E-state index in [1.54, 1.807) is 6.92 Å². The van der Waals surface area contributed by atoms with Gasteiger partial charge in [0.05, 0.1) is 37.1 Å². The average molecular weight is 1030 g/mol. The van der Waals surface area contributed by atoms with Crippen LogP contribution in [0.1, 0.15) is 118 Å². The Labute approximate surface area is 414 Å². The lowest BCUT2D eigenvalue weighted by Gasteiger charge is -2.50. The molecule has 0 aromatic heterocycles. The van der Waals surface area contributed by atoms with Gasteiger partial charge in [0.15, 0.2) is 31.5 Å². The van der Waals surface area contributed by atoms with Gasteiger partial charge in [0.2, 0.25) is 0 Å². The first kappa shape index (κ1) is 60.5. The summed E-state index contributed by atoms with van der Waals surface area (Å²) in [4.78, 5) is 10.8. The van der Waals surface area contributed by atoms with Crippen LogP contribution < -0.4 is 0 Å². The van der Waals surface area contributed by atoms with Crippen molar-refractivity contribution >= 4 is 5.97 Å². The molecule has 5 saturated heterocycles. The summed E-state index contributed by atoms with van der Waals surface area (Å²) in [5.74, 6) is -0.791. The van der Waals surface area contributed by atoms with Crippen LogP contribution in [0.3, 0.4) is 0 Å². The van der Waals surface area contributed by atoms with E-state index >= 15 is 0 Å². The zero-order chi connectivity index (χ0) is 52.3. The summed E-state index contributed by atoms with van der Waals surface area (Å²) in [6, 6.07) is 0. The topological polar surface area (TPSA) is 361 Å². The van der Waals surface area contributed by atoms with Gasteiger partial charge in [-0.15, -0.1) is 0 Å². The van der Waals surface area contributed by atoms with Crippen molar-refractivity contribution in [2.45, 2.75) is 278 Å². The molecule has 5 heterocycles. The van der Waals surface area contributed by atoms with Crippen LogP contribution in [0, 0.1) is 0 Å². The number of aliphatic carboxylic acids is 1. The lowest BCUT2D eigenvalue weighted by atomic mass is 9.95. The van der Waals surface area contributed by atoms with Crippen molar-refractivity contribution in [3.8, 4) is 0 Å². The number of aliphatic hydroxyl groups is 11. The highest BCUT2D eigenvalue weighted by Crippen LogP contribution is 2.37. The van der Waals surface area contributed by atoms with Gasteiger partial charge < -0.3 is 113 Å². The molecule has 0 amide bonds. The van der Waals surface area contributed by atoms with Crippen molar-refractivity contribution in [2.75, 3.05) is 13.7 Å². The molecule has 0 aromatic carbocycles. The molecule has 0 radical (unpaired) electrons. The van der Waals surface area contributed by atoms with E-state index in [0.29, 0.717) is 19.3 Å². The predicted octanol–water partition coefficient (Wildman–Crippen LogP) is -1.59. The molecule has 26 atom stereocenters. The van der Waals surface area contributed by atoms with Crippen LogP contribution >= 0.6 is 0 Å². The number of rotatable bonds is 26. The number of ether oxygens (including phenoxy) is 11. The van der Waals surface area contributed by atoms with E-state index in [0.717, 1.165) is 57.8 Å². The SMILES string of the molecule is CCCCC[C@H](CCCCCCCCCC(=O)O)O[C@@H]1O[C@H](C)[C@@H](O)[C@@H](O)[C@@H]1O[C@@H]1O[C@H](C)[C@@H](O[C@@H]2O[C@@H](C)[C@H](O[C@H]3O[C@H](C)[C@@H](O)[C@H](O)[C@@H]3O)[C@H](O[C@@H]3O[C@@H](CO)[C@H](O)[C@@H](O)[C@@H]3OC)[C@@H]2O)[C@@H](O)[C@@H]1O. The average Bonchev–Trinajstić information content (AvgIpc) is 3.33. The monoisotopic (exact) mass is 1030 g/mol. The molecule has 24 nitrogen and oxygen atoms in total. The van der Waals surface area contributed by atoms with Gasteiger partial charge in [-0.1, -0.05) is 64.7 Å². The first-order chi connectivity index (χ1) is 33.7. The highest BCUT2D eigenvalue weighted by molar-refractivity contribution is 5.66.